The van der Waals surface area contributed by atoms with Crippen LogP contribution < -0.4 is 0 Å². The van der Waals surface area contributed by atoms with Gasteiger partial charge in [-0.15, -0.1) is 10.3 Å². The van der Waals surface area contributed by atoms with Crippen molar-refractivity contribution in [2.75, 3.05) is 12.5 Å². The van der Waals surface area contributed by atoms with Gasteiger partial charge in [-0.3, -0.25) is 4.98 Å². The van der Waals surface area contributed by atoms with Crippen LogP contribution in [0.1, 0.15) is 85.1 Å². The summed E-state index contributed by atoms with van der Waals surface area (Å²) in [6.07, 6.45) is 23.2. The third-order valence-electron chi connectivity index (χ3n) is 10.5. The molecular formula is C30H45NOS. The molecule has 0 aliphatic heterocycles. The van der Waals surface area contributed by atoms with Crippen molar-refractivity contribution in [2.24, 2.45) is 28.6 Å². The summed E-state index contributed by atoms with van der Waals surface area (Å²) >= 11 is 0. The van der Waals surface area contributed by atoms with Gasteiger partial charge >= 0.3 is 0 Å². The molecule has 6 atom stereocenters. The van der Waals surface area contributed by atoms with E-state index in [2.05, 4.69) is 82.6 Å². The van der Waals surface area contributed by atoms with Crippen molar-refractivity contribution in [2.45, 2.75) is 90.4 Å². The lowest BCUT2D eigenvalue weighted by Gasteiger charge is -2.58. The fourth-order valence-electron chi connectivity index (χ4n) is 7.73. The molecule has 2 nitrogen and oxygen atoms in total. The lowest BCUT2D eigenvalue weighted by atomic mass is 9.47. The molecule has 1 heterocycles. The minimum atomic E-state index is -1.07. The number of allylic oxidation sites excluding steroid dienone is 3. The van der Waals surface area contributed by atoms with Crippen LogP contribution in [0.4, 0.5) is 0 Å². The predicted molar refractivity (Wildman–Crippen MR) is 143 cm³/mol. The van der Waals surface area contributed by atoms with Gasteiger partial charge in [0.05, 0.1) is 6.10 Å². The van der Waals surface area contributed by atoms with E-state index in [1.807, 2.05) is 6.20 Å². The van der Waals surface area contributed by atoms with Crippen molar-refractivity contribution in [3.63, 3.8) is 0 Å². The van der Waals surface area contributed by atoms with Crippen molar-refractivity contribution in [3.8, 4) is 0 Å². The summed E-state index contributed by atoms with van der Waals surface area (Å²) in [5.74, 6) is 2.43. The Balaban J connectivity index is 1.36. The molecule has 1 aromatic rings. The standard InChI is InChI=1S/C30H45NOS/c1-28(2,3)33(6,7)32-23-14-16-29(4)22(19-23)10-11-24-26-13-12-25(21-9-8-18-31-20-21)30(26,5)17-15-27(24)29/h8-10,12,18,20,23-24,26-27H,11,13-17,19H2,1-7H3. The van der Waals surface area contributed by atoms with Crippen LogP contribution in [0.5, 0.6) is 0 Å². The minimum Gasteiger partial charge on any atom is -0.333 e. The van der Waals surface area contributed by atoms with Crippen LogP contribution >= 0.6 is 10.3 Å². The van der Waals surface area contributed by atoms with E-state index >= 15 is 0 Å². The molecular weight excluding hydrogens is 422 g/mol. The second-order valence-corrected chi connectivity index (χ2v) is 17.0. The van der Waals surface area contributed by atoms with Gasteiger partial charge in [0.25, 0.3) is 0 Å². The maximum atomic E-state index is 6.85. The molecule has 33 heavy (non-hydrogen) atoms. The summed E-state index contributed by atoms with van der Waals surface area (Å²) in [6.45, 7) is 12.2. The normalized spacial score (nSPS) is 39.1. The van der Waals surface area contributed by atoms with E-state index in [-0.39, 0.29) is 4.75 Å². The quantitative estimate of drug-likeness (QED) is 0.418. The monoisotopic (exact) mass is 467 g/mol. The average molecular weight is 468 g/mol. The molecule has 0 bridgehead atoms. The maximum Gasteiger partial charge on any atom is 0.0738 e. The number of hydrogen-bond acceptors (Lipinski definition) is 2. The molecule has 3 heteroatoms. The second kappa shape index (κ2) is 7.98. The molecule has 0 saturated heterocycles. The Kier molecular flexibility index (Phi) is 5.73. The summed E-state index contributed by atoms with van der Waals surface area (Å²) in [5.41, 5.74) is 5.34. The molecule has 1 aromatic heterocycles. The van der Waals surface area contributed by atoms with E-state index < -0.39 is 10.3 Å². The fourth-order valence-corrected chi connectivity index (χ4v) is 8.86. The molecule has 2 fully saturated rings. The van der Waals surface area contributed by atoms with Crippen LogP contribution in [-0.4, -0.2) is 28.3 Å². The van der Waals surface area contributed by atoms with Gasteiger partial charge in [0.15, 0.2) is 0 Å². The number of pyridine rings is 1. The molecule has 0 N–H and O–H groups in total. The van der Waals surface area contributed by atoms with Crippen LogP contribution in [0, 0.1) is 28.6 Å². The Morgan fingerprint density at radius 3 is 2.45 bits per heavy atom. The van der Waals surface area contributed by atoms with Gasteiger partial charge in [0.2, 0.25) is 0 Å². The molecule has 0 amide bonds. The van der Waals surface area contributed by atoms with Crippen molar-refractivity contribution in [1.29, 1.82) is 0 Å². The zero-order chi connectivity index (χ0) is 23.6. The highest BCUT2D eigenvalue weighted by atomic mass is 32.3. The first-order valence-electron chi connectivity index (χ1n) is 13.2. The smallest absolute Gasteiger partial charge is 0.0738 e. The lowest BCUT2D eigenvalue weighted by Crippen LogP contribution is -2.50. The van der Waals surface area contributed by atoms with E-state index in [1.165, 1.54) is 44.1 Å². The number of nitrogens with zero attached hydrogens (tertiary/aromatic N) is 1. The van der Waals surface area contributed by atoms with Crippen molar-refractivity contribution in [3.05, 3.63) is 47.8 Å². The Morgan fingerprint density at radius 1 is 1.00 bits per heavy atom. The Labute approximate surface area is 204 Å². The van der Waals surface area contributed by atoms with E-state index in [9.17, 15) is 0 Å². The first-order chi connectivity index (χ1) is 15.5. The zero-order valence-electron chi connectivity index (χ0n) is 22.0. The van der Waals surface area contributed by atoms with E-state index in [1.54, 1.807) is 11.1 Å². The molecule has 0 spiro atoms. The number of aromatic nitrogens is 1. The predicted octanol–water partition coefficient (Wildman–Crippen LogP) is 8.20. The van der Waals surface area contributed by atoms with E-state index in [0.717, 1.165) is 24.2 Å². The van der Waals surface area contributed by atoms with Crippen LogP contribution in [-0.2, 0) is 4.18 Å². The molecule has 182 valence electrons. The molecule has 0 aromatic carbocycles. The largest absolute Gasteiger partial charge is 0.333 e. The van der Waals surface area contributed by atoms with Gasteiger partial charge in [-0.2, -0.15) is 0 Å². The summed E-state index contributed by atoms with van der Waals surface area (Å²) in [6, 6.07) is 4.36. The van der Waals surface area contributed by atoms with Crippen molar-refractivity contribution < 1.29 is 4.18 Å². The first-order valence-corrected chi connectivity index (χ1v) is 15.5. The average Bonchev–Trinajstić information content (AvgIpc) is 3.11. The summed E-state index contributed by atoms with van der Waals surface area (Å²) < 4.78 is 7.08. The number of fused-ring (bicyclic) bond motifs is 5. The Bertz CT molecular complexity index is 957. The lowest BCUT2D eigenvalue weighted by molar-refractivity contribution is -0.0201. The Hall–Kier alpha value is -1.06. The fraction of sp³-hybridized carbons (Fsp3) is 0.700. The van der Waals surface area contributed by atoms with E-state index in [4.69, 9.17) is 4.18 Å². The Morgan fingerprint density at radius 2 is 1.76 bits per heavy atom. The van der Waals surface area contributed by atoms with Gasteiger partial charge < -0.3 is 4.18 Å². The van der Waals surface area contributed by atoms with Gasteiger partial charge in [-0.1, -0.05) is 58.4 Å². The first kappa shape index (κ1) is 23.7. The SMILES string of the molecule is CC12CCC(OS(C)(C)C(C)(C)C)CC1=CCC1C2CCC2(C)C(c3cccnc3)=CCC12. The van der Waals surface area contributed by atoms with Crippen LogP contribution in [0.15, 0.2) is 42.3 Å². The minimum absolute atomic E-state index is 0.231. The van der Waals surface area contributed by atoms with Crippen LogP contribution in [0.3, 0.4) is 0 Å². The summed E-state index contributed by atoms with van der Waals surface area (Å²) in [7, 11) is -1.07. The molecule has 6 unspecified atom stereocenters. The molecule has 2 saturated carbocycles. The van der Waals surface area contributed by atoms with Gasteiger partial charge in [0, 0.05) is 17.1 Å². The zero-order valence-corrected chi connectivity index (χ0v) is 22.8. The van der Waals surface area contributed by atoms with Crippen LogP contribution in [0.25, 0.3) is 5.57 Å². The maximum absolute atomic E-state index is 6.85. The third kappa shape index (κ3) is 3.77. The molecule has 4 aliphatic rings. The molecule has 5 rings (SSSR count). The number of hydrogen-bond donors (Lipinski definition) is 0. The van der Waals surface area contributed by atoms with Crippen LogP contribution in [0.2, 0.25) is 0 Å². The topological polar surface area (TPSA) is 22.1 Å². The second-order valence-electron chi connectivity index (χ2n) is 13.1. The van der Waals surface area contributed by atoms with Gasteiger partial charge in [0.1, 0.15) is 0 Å². The summed E-state index contributed by atoms with van der Waals surface area (Å²) in [5, 5.41) is 0. The highest BCUT2D eigenvalue weighted by Crippen LogP contribution is 2.67. The number of rotatable bonds is 3. The van der Waals surface area contributed by atoms with Crippen molar-refractivity contribution >= 4 is 15.9 Å². The molecule has 4 aliphatic carbocycles. The highest BCUT2D eigenvalue weighted by molar-refractivity contribution is 8.29. The molecule has 0 radical (unpaired) electrons. The van der Waals surface area contributed by atoms with Gasteiger partial charge in [-0.25, -0.2) is 0 Å². The van der Waals surface area contributed by atoms with Crippen molar-refractivity contribution in [1.82, 2.24) is 4.98 Å². The third-order valence-corrected chi connectivity index (χ3v) is 14.2. The summed E-state index contributed by atoms with van der Waals surface area (Å²) in [4.78, 5) is 4.43. The van der Waals surface area contributed by atoms with Gasteiger partial charge in [-0.05, 0) is 103 Å². The highest BCUT2D eigenvalue weighted by Gasteiger charge is 2.57. The van der Waals surface area contributed by atoms with E-state index in [0.29, 0.717) is 16.9 Å².